The topological polar surface area (TPSA) is 41.5 Å². The van der Waals surface area contributed by atoms with E-state index in [9.17, 15) is 5.11 Å². The average Bonchev–Trinajstić information content (AvgIpc) is 2.70. The van der Waals surface area contributed by atoms with Crippen LogP contribution in [0, 0.1) is 0 Å². The number of nitrogens with one attached hydrogen (secondary N) is 1. The first-order chi connectivity index (χ1) is 7.77. The summed E-state index contributed by atoms with van der Waals surface area (Å²) in [7, 11) is 0. The fraction of sp³-hybridized carbons (Fsp3) is 1.00. The maximum Gasteiger partial charge on any atom is 0.0771 e. The van der Waals surface area contributed by atoms with Crippen LogP contribution in [0.3, 0.4) is 0 Å². The molecule has 0 bridgehead atoms. The molecule has 1 fully saturated rings. The van der Waals surface area contributed by atoms with Gasteiger partial charge in [-0.1, -0.05) is 26.2 Å². The minimum Gasteiger partial charge on any atom is -0.389 e. The SMILES string of the molecule is CCCCOCCCNCC1(O)CCCC1. The van der Waals surface area contributed by atoms with Gasteiger partial charge in [0.05, 0.1) is 5.60 Å². The number of aliphatic hydroxyl groups is 1. The second-order valence-electron chi connectivity index (χ2n) is 4.93. The highest BCUT2D eigenvalue weighted by Gasteiger charge is 2.30. The lowest BCUT2D eigenvalue weighted by Crippen LogP contribution is -2.38. The van der Waals surface area contributed by atoms with Crippen LogP contribution in [-0.2, 0) is 4.74 Å². The molecule has 16 heavy (non-hydrogen) atoms. The van der Waals surface area contributed by atoms with Crippen molar-refractivity contribution in [3.05, 3.63) is 0 Å². The van der Waals surface area contributed by atoms with Crippen LogP contribution in [0.25, 0.3) is 0 Å². The summed E-state index contributed by atoms with van der Waals surface area (Å²) >= 11 is 0. The van der Waals surface area contributed by atoms with Gasteiger partial charge in [-0.15, -0.1) is 0 Å². The largest absolute Gasteiger partial charge is 0.389 e. The van der Waals surface area contributed by atoms with Gasteiger partial charge >= 0.3 is 0 Å². The van der Waals surface area contributed by atoms with E-state index in [1.54, 1.807) is 0 Å². The highest BCUT2D eigenvalue weighted by molar-refractivity contribution is 4.85. The van der Waals surface area contributed by atoms with Crippen LogP contribution in [0.5, 0.6) is 0 Å². The summed E-state index contributed by atoms with van der Waals surface area (Å²) in [5, 5.41) is 13.4. The molecular formula is C13H27NO2. The van der Waals surface area contributed by atoms with Gasteiger partial charge in [0.1, 0.15) is 0 Å². The zero-order valence-electron chi connectivity index (χ0n) is 10.6. The summed E-state index contributed by atoms with van der Waals surface area (Å²) in [6, 6.07) is 0. The van der Waals surface area contributed by atoms with Crippen LogP contribution in [0.2, 0.25) is 0 Å². The maximum absolute atomic E-state index is 10.1. The number of ether oxygens (including phenoxy) is 1. The standard InChI is InChI=1S/C13H27NO2/c1-2-3-10-16-11-6-9-14-12-13(15)7-4-5-8-13/h14-15H,2-12H2,1H3. The molecule has 1 rings (SSSR count). The molecule has 0 aromatic rings. The predicted molar refractivity (Wildman–Crippen MR) is 66.6 cm³/mol. The minimum absolute atomic E-state index is 0.414. The molecule has 0 atom stereocenters. The highest BCUT2D eigenvalue weighted by Crippen LogP contribution is 2.28. The molecule has 0 aromatic heterocycles. The van der Waals surface area contributed by atoms with E-state index in [-0.39, 0.29) is 0 Å². The van der Waals surface area contributed by atoms with Crippen LogP contribution in [0.15, 0.2) is 0 Å². The van der Waals surface area contributed by atoms with Crippen LogP contribution >= 0.6 is 0 Å². The fourth-order valence-electron chi connectivity index (χ4n) is 2.18. The Balaban J connectivity index is 1.84. The molecule has 0 amide bonds. The van der Waals surface area contributed by atoms with Crippen molar-refractivity contribution in [3.8, 4) is 0 Å². The normalized spacial score (nSPS) is 19.1. The van der Waals surface area contributed by atoms with Gasteiger partial charge in [-0.2, -0.15) is 0 Å². The Hall–Kier alpha value is -0.120. The third-order valence-corrected chi connectivity index (χ3v) is 3.27. The van der Waals surface area contributed by atoms with Crippen LogP contribution in [0.1, 0.15) is 51.9 Å². The Morgan fingerprint density at radius 1 is 1.19 bits per heavy atom. The number of hydrogen-bond donors (Lipinski definition) is 2. The lowest BCUT2D eigenvalue weighted by atomic mass is 10.0. The molecule has 3 heteroatoms. The summed E-state index contributed by atoms with van der Waals surface area (Å²) in [5.74, 6) is 0. The molecule has 0 aromatic carbocycles. The number of hydrogen-bond acceptors (Lipinski definition) is 3. The lowest BCUT2D eigenvalue weighted by Gasteiger charge is -2.22. The van der Waals surface area contributed by atoms with E-state index >= 15 is 0 Å². The summed E-state index contributed by atoms with van der Waals surface area (Å²) in [5.41, 5.74) is -0.414. The second-order valence-corrected chi connectivity index (χ2v) is 4.93. The van der Waals surface area contributed by atoms with Gasteiger partial charge in [0.15, 0.2) is 0 Å². The third-order valence-electron chi connectivity index (χ3n) is 3.27. The fourth-order valence-corrected chi connectivity index (χ4v) is 2.18. The molecule has 0 aliphatic heterocycles. The zero-order valence-corrected chi connectivity index (χ0v) is 10.6. The minimum atomic E-state index is -0.414. The first-order valence-corrected chi connectivity index (χ1v) is 6.78. The molecule has 0 radical (unpaired) electrons. The molecule has 3 nitrogen and oxygen atoms in total. The van der Waals surface area contributed by atoms with E-state index < -0.39 is 5.60 Å². The van der Waals surface area contributed by atoms with Crippen molar-refractivity contribution < 1.29 is 9.84 Å². The van der Waals surface area contributed by atoms with Gasteiger partial charge in [0.2, 0.25) is 0 Å². The number of rotatable bonds is 9. The van der Waals surface area contributed by atoms with Crippen LogP contribution < -0.4 is 5.32 Å². The summed E-state index contributed by atoms with van der Waals surface area (Å²) < 4.78 is 5.47. The Labute approximate surface area is 99.6 Å². The monoisotopic (exact) mass is 229 g/mol. The van der Waals surface area contributed by atoms with Crippen molar-refractivity contribution in [1.29, 1.82) is 0 Å². The Bertz CT molecular complexity index is 167. The summed E-state index contributed by atoms with van der Waals surface area (Å²) in [4.78, 5) is 0. The van der Waals surface area contributed by atoms with Crippen LogP contribution in [-0.4, -0.2) is 37.0 Å². The van der Waals surface area contributed by atoms with Crippen molar-refractivity contribution in [2.75, 3.05) is 26.3 Å². The molecule has 96 valence electrons. The molecule has 1 aliphatic carbocycles. The third kappa shape index (κ3) is 5.83. The highest BCUT2D eigenvalue weighted by atomic mass is 16.5. The van der Waals surface area contributed by atoms with E-state index in [0.29, 0.717) is 0 Å². The lowest BCUT2D eigenvalue weighted by molar-refractivity contribution is 0.0469. The first kappa shape index (κ1) is 13.9. The molecule has 1 aliphatic rings. The predicted octanol–water partition coefficient (Wildman–Crippen LogP) is 2.09. The smallest absolute Gasteiger partial charge is 0.0771 e. The van der Waals surface area contributed by atoms with E-state index in [1.807, 2.05) is 0 Å². The quantitative estimate of drug-likeness (QED) is 0.595. The molecule has 0 saturated heterocycles. The Morgan fingerprint density at radius 2 is 1.88 bits per heavy atom. The van der Waals surface area contributed by atoms with Gasteiger partial charge < -0.3 is 15.2 Å². The molecule has 1 saturated carbocycles. The molecule has 0 unspecified atom stereocenters. The zero-order chi connectivity index (χ0) is 11.7. The van der Waals surface area contributed by atoms with Gasteiger partial charge in [-0.05, 0) is 32.2 Å². The van der Waals surface area contributed by atoms with Crippen molar-refractivity contribution in [2.24, 2.45) is 0 Å². The van der Waals surface area contributed by atoms with Crippen molar-refractivity contribution in [1.82, 2.24) is 5.32 Å². The Kier molecular flexibility index (Phi) is 7.01. The van der Waals surface area contributed by atoms with E-state index in [0.717, 1.165) is 52.0 Å². The maximum atomic E-state index is 10.1. The van der Waals surface area contributed by atoms with E-state index in [4.69, 9.17) is 4.74 Å². The van der Waals surface area contributed by atoms with Gasteiger partial charge in [-0.3, -0.25) is 0 Å². The van der Waals surface area contributed by atoms with Crippen LogP contribution in [0.4, 0.5) is 0 Å². The van der Waals surface area contributed by atoms with Gasteiger partial charge in [0.25, 0.3) is 0 Å². The van der Waals surface area contributed by atoms with E-state index in [1.165, 1.54) is 19.3 Å². The molecule has 2 N–H and O–H groups in total. The van der Waals surface area contributed by atoms with E-state index in [2.05, 4.69) is 12.2 Å². The molecule has 0 spiro atoms. The van der Waals surface area contributed by atoms with Crippen molar-refractivity contribution in [3.63, 3.8) is 0 Å². The average molecular weight is 229 g/mol. The molecule has 0 heterocycles. The first-order valence-electron chi connectivity index (χ1n) is 6.78. The van der Waals surface area contributed by atoms with Crippen molar-refractivity contribution >= 4 is 0 Å². The van der Waals surface area contributed by atoms with Gasteiger partial charge in [-0.25, -0.2) is 0 Å². The Morgan fingerprint density at radius 3 is 2.56 bits per heavy atom. The molecular weight excluding hydrogens is 202 g/mol. The second kappa shape index (κ2) is 8.04. The van der Waals surface area contributed by atoms with Crippen molar-refractivity contribution in [2.45, 2.75) is 57.5 Å². The van der Waals surface area contributed by atoms with Gasteiger partial charge in [0, 0.05) is 19.8 Å². The summed E-state index contributed by atoms with van der Waals surface area (Å²) in [6.45, 7) is 5.61. The number of unbranched alkanes of at least 4 members (excludes halogenated alkanes) is 1. The summed E-state index contributed by atoms with van der Waals surface area (Å²) in [6.07, 6.45) is 7.69.